The minimum atomic E-state index is -0.849. The second-order valence-electron chi connectivity index (χ2n) is 9.80. The van der Waals surface area contributed by atoms with Crippen molar-refractivity contribution in [2.75, 3.05) is 19.0 Å². The van der Waals surface area contributed by atoms with Gasteiger partial charge in [0.1, 0.15) is 22.5 Å². The SMILES string of the molecule is CCn1cc(C(=O)Cc2ccc(Oc3ccnc4[nH]nc(N[C@@H](C)COC)c34)c(F)c2)c(=O)n(-c2ccc(F)cc2)c1=O. The van der Waals surface area contributed by atoms with Crippen LogP contribution in [0.15, 0.2) is 70.5 Å². The number of ketones is 1. The molecule has 11 nitrogen and oxygen atoms in total. The molecular formula is C30H28F2N6O5. The van der Waals surface area contributed by atoms with Gasteiger partial charge in [0.05, 0.1) is 12.3 Å². The van der Waals surface area contributed by atoms with Crippen molar-refractivity contribution in [1.82, 2.24) is 24.3 Å². The normalized spacial score (nSPS) is 11.9. The van der Waals surface area contributed by atoms with Crippen molar-refractivity contribution in [2.24, 2.45) is 0 Å². The predicted octanol–water partition coefficient (Wildman–Crippen LogP) is 4.23. The summed E-state index contributed by atoms with van der Waals surface area (Å²) in [6.45, 7) is 4.21. The van der Waals surface area contributed by atoms with Crippen LogP contribution in [0, 0.1) is 11.6 Å². The molecule has 0 unspecified atom stereocenters. The molecule has 0 aliphatic carbocycles. The minimum Gasteiger partial charge on any atom is -0.453 e. The molecule has 5 aromatic rings. The van der Waals surface area contributed by atoms with E-state index in [2.05, 4.69) is 20.5 Å². The van der Waals surface area contributed by atoms with Crippen LogP contribution in [0.4, 0.5) is 14.6 Å². The molecule has 2 N–H and O–H groups in total. The van der Waals surface area contributed by atoms with Crippen molar-refractivity contribution in [1.29, 1.82) is 0 Å². The van der Waals surface area contributed by atoms with E-state index >= 15 is 4.39 Å². The zero-order chi connectivity index (χ0) is 30.7. The predicted molar refractivity (Wildman–Crippen MR) is 155 cm³/mol. The number of methoxy groups -OCH3 is 1. The van der Waals surface area contributed by atoms with E-state index in [0.717, 1.165) is 22.8 Å². The number of nitrogens with zero attached hydrogens (tertiary/aromatic N) is 4. The number of carbonyl (C=O) groups is 1. The molecule has 1 atom stereocenters. The number of fused-ring (bicyclic) bond motifs is 1. The molecule has 0 aliphatic rings. The number of benzene rings is 2. The highest BCUT2D eigenvalue weighted by atomic mass is 19.1. The summed E-state index contributed by atoms with van der Waals surface area (Å²) in [5, 5.41) is 10.8. The summed E-state index contributed by atoms with van der Waals surface area (Å²) in [4.78, 5) is 43.6. The first kappa shape index (κ1) is 29.3. The van der Waals surface area contributed by atoms with E-state index in [-0.39, 0.29) is 41.6 Å². The van der Waals surface area contributed by atoms with Gasteiger partial charge in [-0.25, -0.2) is 23.1 Å². The summed E-state index contributed by atoms with van der Waals surface area (Å²) in [6.07, 6.45) is 2.38. The van der Waals surface area contributed by atoms with E-state index < -0.39 is 28.7 Å². The van der Waals surface area contributed by atoms with Gasteiger partial charge in [-0.1, -0.05) is 6.07 Å². The zero-order valence-electron chi connectivity index (χ0n) is 23.6. The molecule has 0 radical (unpaired) electrons. The quantitative estimate of drug-likeness (QED) is 0.219. The smallest absolute Gasteiger partial charge is 0.335 e. The van der Waals surface area contributed by atoms with Crippen molar-refractivity contribution < 1.29 is 23.0 Å². The summed E-state index contributed by atoms with van der Waals surface area (Å²) in [7, 11) is 1.59. The third-order valence-corrected chi connectivity index (χ3v) is 6.69. The molecule has 0 spiro atoms. The molecule has 2 aromatic carbocycles. The number of anilines is 1. The van der Waals surface area contributed by atoms with Gasteiger partial charge in [0.25, 0.3) is 5.56 Å². The van der Waals surface area contributed by atoms with Gasteiger partial charge in [-0.3, -0.25) is 19.3 Å². The average Bonchev–Trinajstić information content (AvgIpc) is 3.39. The number of pyridine rings is 1. The molecule has 3 heterocycles. The Balaban J connectivity index is 1.41. The van der Waals surface area contributed by atoms with Crippen molar-refractivity contribution in [2.45, 2.75) is 32.9 Å². The summed E-state index contributed by atoms with van der Waals surface area (Å²) < 4.78 is 41.8. The lowest BCUT2D eigenvalue weighted by Crippen LogP contribution is -2.41. The van der Waals surface area contributed by atoms with Gasteiger partial charge in [-0.2, -0.15) is 5.10 Å². The third-order valence-electron chi connectivity index (χ3n) is 6.69. The van der Waals surface area contributed by atoms with Crippen molar-refractivity contribution in [3.63, 3.8) is 0 Å². The number of aromatic nitrogens is 5. The minimum absolute atomic E-state index is 0.0745. The highest BCUT2D eigenvalue weighted by molar-refractivity contribution is 5.97. The van der Waals surface area contributed by atoms with Gasteiger partial charge < -0.3 is 14.8 Å². The topological polar surface area (TPSA) is 133 Å². The number of ether oxygens (including phenoxy) is 2. The average molecular weight is 591 g/mol. The van der Waals surface area contributed by atoms with Crippen LogP contribution in [0.1, 0.15) is 29.8 Å². The number of Topliss-reactive ketones (excluding diaryl/α,β-unsaturated/α-hetero) is 1. The van der Waals surface area contributed by atoms with Gasteiger partial charge >= 0.3 is 5.69 Å². The van der Waals surface area contributed by atoms with E-state index in [0.29, 0.717) is 29.2 Å². The molecule has 0 fully saturated rings. The van der Waals surface area contributed by atoms with E-state index in [1.165, 1.54) is 41.2 Å². The largest absolute Gasteiger partial charge is 0.453 e. The Kier molecular flexibility index (Phi) is 8.44. The first-order valence-corrected chi connectivity index (χ1v) is 13.4. The van der Waals surface area contributed by atoms with Gasteiger partial charge in [0.2, 0.25) is 0 Å². The molecule has 0 saturated heterocycles. The van der Waals surface area contributed by atoms with E-state index in [9.17, 15) is 18.8 Å². The second kappa shape index (κ2) is 12.4. The van der Waals surface area contributed by atoms with Gasteiger partial charge in [0.15, 0.2) is 28.8 Å². The zero-order valence-corrected chi connectivity index (χ0v) is 23.6. The fourth-order valence-corrected chi connectivity index (χ4v) is 4.61. The summed E-state index contributed by atoms with van der Waals surface area (Å²) in [5.41, 5.74) is -0.929. The van der Waals surface area contributed by atoms with Crippen LogP contribution in [-0.2, 0) is 17.7 Å². The molecule has 0 amide bonds. The van der Waals surface area contributed by atoms with E-state index in [1.807, 2.05) is 6.92 Å². The maximum Gasteiger partial charge on any atom is 0.335 e. The Morgan fingerprint density at radius 2 is 1.86 bits per heavy atom. The van der Waals surface area contributed by atoms with Crippen LogP contribution in [0.3, 0.4) is 0 Å². The third kappa shape index (κ3) is 6.06. The number of carbonyl (C=O) groups excluding carboxylic acids is 1. The number of aromatic amines is 1. The Hall–Kier alpha value is -5.17. The lowest BCUT2D eigenvalue weighted by Gasteiger charge is -2.14. The molecule has 0 bridgehead atoms. The lowest BCUT2D eigenvalue weighted by atomic mass is 10.0. The van der Waals surface area contributed by atoms with E-state index in [4.69, 9.17) is 9.47 Å². The first-order valence-electron chi connectivity index (χ1n) is 13.4. The fourth-order valence-electron chi connectivity index (χ4n) is 4.61. The molecule has 13 heteroatoms. The van der Waals surface area contributed by atoms with Crippen LogP contribution in [-0.4, -0.2) is 49.9 Å². The Bertz CT molecular complexity index is 1920. The van der Waals surface area contributed by atoms with Crippen LogP contribution in [0.5, 0.6) is 11.5 Å². The summed E-state index contributed by atoms with van der Waals surface area (Å²) in [5.74, 6) is -1.23. The van der Waals surface area contributed by atoms with Crippen LogP contribution >= 0.6 is 0 Å². The summed E-state index contributed by atoms with van der Waals surface area (Å²) in [6, 6.07) is 10.3. The van der Waals surface area contributed by atoms with Crippen LogP contribution in [0.2, 0.25) is 0 Å². The number of hydrogen-bond acceptors (Lipinski definition) is 8. The van der Waals surface area contributed by atoms with Crippen molar-refractivity contribution >= 4 is 22.6 Å². The van der Waals surface area contributed by atoms with Crippen molar-refractivity contribution in [3.05, 3.63) is 105 Å². The second-order valence-corrected chi connectivity index (χ2v) is 9.80. The maximum atomic E-state index is 15.2. The molecule has 43 heavy (non-hydrogen) atoms. The Morgan fingerprint density at radius 1 is 1.09 bits per heavy atom. The van der Waals surface area contributed by atoms with E-state index in [1.54, 1.807) is 20.1 Å². The van der Waals surface area contributed by atoms with Gasteiger partial charge in [-0.05, 0) is 55.8 Å². The first-order chi connectivity index (χ1) is 20.7. The lowest BCUT2D eigenvalue weighted by molar-refractivity contribution is 0.0990. The number of aryl methyl sites for hydroxylation is 1. The number of nitrogens with one attached hydrogen (secondary N) is 2. The molecule has 3 aromatic heterocycles. The number of H-pyrrole nitrogens is 1. The molecule has 0 saturated carbocycles. The Morgan fingerprint density at radius 3 is 2.56 bits per heavy atom. The van der Waals surface area contributed by atoms with Crippen molar-refractivity contribution in [3.8, 4) is 17.2 Å². The van der Waals surface area contributed by atoms with Gasteiger partial charge in [0, 0.05) is 44.6 Å². The van der Waals surface area contributed by atoms with Crippen LogP contribution in [0.25, 0.3) is 16.7 Å². The molecule has 222 valence electrons. The molecule has 0 aliphatic heterocycles. The fraction of sp³-hybridized carbons (Fsp3) is 0.233. The standard InChI is InChI=1S/C30H28F2N6O5/c1-4-37-15-21(29(40)38(30(37)41)20-8-6-19(31)7-9-20)23(39)14-18-5-10-24(22(32)13-18)43-25-11-12-33-27-26(25)28(36-35-27)34-17(2)16-42-3/h5-13,15,17H,4,14,16H2,1-3H3,(H2,33,34,35,36)/t17-/m0/s1. The number of hydrogen-bond donors (Lipinski definition) is 2. The number of halogens is 2. The monoisotopic (exact) mass is 590 g/mol. The highest BCUT2D eigenvalue weighted by Crippen LogP contribution is 2.34. The molecule has 5 rings (SSSR count). The van der Waals surface area contributed by atoms with Crippen LogP contribution < -0.4 is 21.3 Å². The maximum absolute atomic E-state index is 15.2. The molecular weight excluding hydrogens is 562 g/mol. The Labute approximate surface area is 243 Å². The summed E-state index contributed by atoms with van der Waals surface area (Å²) >= 11 is 0. The number of rotatable bonds is 11. The van der Waals surface area contributed by atoms with Gasteiger partial charge in [-0.15, -0.1) is 0 Å². The highest BCUT2D eigenvalue weighted by Gasteiger charge is 2.20.